The number of carboxylic acids is 1. The van der Waals surface area contributed by atoms with Gasteiger partial charge in [-0.3, -0.25) is 4.79 Å². The molecule has 0 saturated carbocycles. The summed E-state index contributed by atoms with van der Waals surface area (Å²) in [6.07, 6.45) is 0. The summed E-state index contributed by atoms with van der Waals surface area (Å²) in [4.78, 5) is 22.9. The minimum atomic E-state index is -1.09. The number of aromatic carboxylic acids is 1. The van der Waals surface area contributed by atoms with Gasteiger partial charge in [0.25, 0.3) is 5.91 Å². The molecule has 0 unspecified atom stereocenters. The minimum absolute atomic E-state index is 0.0416. The van der Waals surface area contributed by atoms with E-state index in [4.69, 9.17) is 21.4 Å². The highest BCUT2D eigenvalue weighted by Gasteiger charge is 2.11. The van der Waals surface area contributed by atoms with Crippen LogP contribution in [-0.4, -0.2) is 23.6 Å². The normalized spacial score (nSPS) is 10.2. The maximum Gasteiger partial charge on any atom is 0.335 e. The molecule has 0 aliphatic carbocycles. The van der Waals surface area contributed by atoms with E-state index >= 15 is 0 Å². The number of aryl methyl sites for hydroxylation is 2. The fourth-order valence-corrected chi connectivity index (χ4v) is 2.27. The summed E-state index contributed by atoms with van der Waals surface area (Å²) < 4.78 is 5.45. The smallest absolute Gasteiger partial charge is 0.335 e. The summed E-state index contributed by atoms with van der Waals surface area (Å²) in [6.45, 7) is 3.69. The third-order valence-electron chi connectivity index (χ3n) is 3.05. The van der Waals surface area contributed by atoms with Crippen LogP contribution < -0.4 is 10.1 Å². The SMILES string of the molecule is Cc1cc(C)cc(OCC(=O)Nc2cc(C(=O)O)ccc2Cl)c1. The van der Waals surface area contributed by atoms with Crippen LogP contribution in [0.5, 0.6) is 5.75 Å². The number of benzene rings is 2. The average Bonchev–Trinajstić information content (AvgIpc) is 2.46. The largest absolute Gasteiger partial charge is 0.484 e. The summed E-state index contributed by atoms with van der Waals surface area (Å²) in [7, 11) is 0. The number of halogens is 1. The Labute approximate surface area is 138 Å². The van der Waals surface area contributed by atoms with Gasteiger partial charge in [-0.2, -0.15) is 0 Å². The molecule has 23 heavy (non-hydrogen) atoms. The molecule has 2 N–H and O–H groups in total. The molecule has 2 aromatic carbocycles. The van der Waals surface area contributed by atoms with Gasteiger partial charge in [0.05, 0.1) is 16.3 Å². The molecule has 0 saturated heterocycles. The van der Waals surface area contributed by atoms with Crippen molar-refractivity contribution in [2.45, 2.75) is 13.8 Å². The molecule has 0 fully saturated rings. The monoisotopic (exact) mass is 333 g/mol. The zero-order valence-corrected chi connectivity index (χ0v) is 13.5. The molecule has 120 valence electrons. The predicted molar refractivity (Wildman–Crippen MR) is 88.5 cm³/mol. The molecule has 6 heteroatoms. The van der Waals surface area contributed by atoms with Crippen LogP contribution in [0.2, 0.25) is 5.02 Å². The first-order chi connectivity index (χ1) is 10.8. The van der Waals surface area contributed by atoms with E-state index in [0.29, 0.717) is 5.75 Å². The fraction of sp³-hybridized carbons (Fsp3) is 0.176. The number of rotatable bonds is 5. The fourth-order valence-electron chi connectivity index (χ4n) is 2.11. The van der Waals surface area contributed by atoms with E-state index < -0.39 is 11.9 Å². The molecule has 0 bridgehead atoms. The van der Waals surface area contributed by atoms with E-state index in [9.17, 15) is 9.59 Å². The van der Waals surface area contributed by atoms with E-state index in [1.54, 1.807) is 0 Å². The number of amides is 1. The number of ether oxygens (including phenoxy) is 1. The van der Waals surface area contributed by atoms with Gasteiger partial charge in [0, 0.05) is 0 Å². The van der Waals surface area contributed by atoms with Crippen molar-refractivity contribution < 1.29 is 19.4 Å². The van der Waals surface area contributed by atoms with Crippen LogP contribution in [0.4, 0.5) is 5.69 Å². The molecular formula is C17H16ClNO4. The Morgan fingerprint density at radius 3 is 2.39 bits per heavy atom. The molecule has 2 aromatic rings. The zero-order chi connectivity index (χ0) is 17.0. The van der Waals surface area contributed by atoms with Crippen molar-refractivity contribution in [3.8, 4) is 5.75 Å². The number of carboxylic acid groups (broad SMARTS) is 1. The molecule has 0 aliphatic heterocycles. The molecule has 2 rings (SSSR count). The lowest BCUT2D eigenvalue weighted by atomic mass is 10.1. The van der Waals surface area contributed by atoms with Gasteiger partial charge in [-0.25, -0.2) is 4.79 Å². The third kappa shape index (κ3) is 4.72. The van der Waals surface area contributed by atoms with Gasteiger partial charge < -0.3 is 15.2 Å². The number of nitrogens with one attached hydrogen (secondary N) is 1. The number of carbonyl (C=O) groups is 2. The van der Waals surface area contributed by atoms with Crippen LogP contribution in [-0.2, 0) is 4.79 Å². The van der Waals surface area contributed by atoms with Crippen molar-refractivity contribution in [2.24, 2.45) is 0 Å². The van der Waals surface area contributed by atoms with Gasteiger partial charge in [0.1, 0.15) is 5.75 Å². The highest BCUT2D eigenvalue weighted by molar-refractivity contribution is 6.33. The van der Waals surface area contributed by atoms with Crippen molar-refractivity contribution in [3.63, 3.8) is 0 Å². The standard InChI is InChI=1S/C17H16ClNO4/c1-10-5-11(2)7-13(6-10)23-9-16(20)19-15-8-12(17(21)22)3-4-14(15)18/h3-8H,9H2,1-2H3,(H,19,20)(H,21,22). The molecule has 0 atom stereocenters. The maximum atomic E-state index is 11.9. The van der Waals surface area contributed by atoms with Crippen molar-refractivity contribution in [3.05, 3.63) is 58.1 Å². The van der Waals surface area contributed by atoms with Crippen molar-refractivity contribution in [1.29, 1.82) is 0 Å². The topological polar surface area (TPSA) is 75.6 Å². The maximum absolute atomic E-state index is 11.9. The Hall–Kier alpha value is -2.53. The Bertz CT molecular complexity index is 738. The van der Waals surface area contributed by atoms with E-state index in [0.717, 1.165) is 11.1 Å². The lowest BCUT2D eigenvalue weighted by molar-refractivity contribution is -0.118. The van der Waals surface area contributed by atoms with E-state index in [1.165, 1.54) is 18.2 Å². The summed E-state index contributed by atoms with van der Waals surface area (Å²) >= 11 is 5.96. The molecular weight excluding hydrogens is 318 g/mol. The first kappa shape index (κ1) is 16.8. The van der Waals surface area contributed by atoms with Gasteiger partial charge >= 0.3 is 5.97 Å². The second-order valence-corrected chi connectivity index (χ2v) is 5.57. The lowest BCUT2D eigenvalue weighted by Gasteiger charge is -2.10. The van der Waals surface area contributed by atoms with Crippen molar-refractivity contribution in [1.82, 2.24) is 0 Å². The van der Waals surface area contributed by atoms with Gasteiger partial charge in [0.2, 0.25) is 0 Å². The third-order valence-corrected chi connectivity index (χ3v) is 3.38. The second-order valence-electron chi connectivity index (χ2n) is 5.16. The first-order valence-corrected chi connectivity index (χ1v) is 7.27. The van der Waals surface area contributed by atoms with Crippen molar-refractivity contribution >= 4 is 29.2 Å². The first-order valence-electron chi connectivity index (χ1n) is 6.89. The van der Waals surface area contributed by atoms with Crippen LogP contribution in [0.1, 0.15) is 21.5 Å². The zero-order valence-electron chi connectivity index (χ0n) is 12.7. The van der Waals surface area contributed by atoms with Gasteiger partial charge in [-0.15, -0.1) is 0 Å². The summed E-state index contributed by atoms with van der Waals surface area (Å²) in [5.74, 6) is -0.916. The van der Waals surface area contributed by atoms with Gasteiger partial charge in [0.15, 0.2) is 6.61 Å². The predicted octanol–water partition coefficient (Wildman–Crippen LogP) is 3.67. The van der Waals surface area contributed by atoms with Crippen LogP contribution in [0.15, 0.2) is 36.4 Å². The van der Waals surface area contributed by atoms with Crippen LogP contribution in [0, 0.1) is 13.8 Å². The highest BCUT2D eigenvalue weighted by atomic mass is 35.5. The quantitative estimate of drug-likeness (QED) is 0.875. The Morgan fingerprint density at radius 2 is 1.78 bits per heavy atom. The number of hydrogen-bond acceptors (Lipinski definition) is 3. The molecule has 1 amide bonds. The van der Waals surface area contributed by atoms with Gasteiger partial charge in [-0.05, 0) is 55.3 Å². The average molecular weight is 334 g/mol. The molecule has 5 nitrogen and oxygen atoms in total. The van der Waals surface area contributed by atoms with Crippen LogP contribution in [0.3, 0.4) is 0 Å². The van der Waals surface area contributed by atoms with Gasteiger partial charge in [-0.1, -0.05) is 17.7 Å². The molecule has 0 spiro atoms. The van der Waals surface area contributed by atoms with E-state index in [1.807, 2.05) is 32.0 Å². The molecule has 0 radical (unpaired) electrons. The highest BCUT2D eigenvalue weighted by Crippen LogP contribution is 2.23. The molecule has 0 aromatic heterocycles. The minimum Gasteiger partial charge on any atom is -0.484 e. The van der Waals surface area contributed by atoms with Crippen molar-refractivity contribution in [2.75, 3.05) is 11.9 Å². The van der Waals surface area contributed by atoms with E-state index in [2.05, 4.69) is 5.32 Å². The summed E-state index contributed by atoms with van der Waals surface area (Å²) in [5.41, 5.74) is 2.36. The Kier molecular flexibility index (Phi) is 5.24. The Morgan fingerprint density at radius 1 is 1.13 bits per heavy atom. The van der Waals surface area contributed by atoms with Crippen LogP contribution >= 0.6 is 11.6 Å². The second kappa shape index (κ2) is 7.15. The summed E-state index contributed by atoms with van der Waals surface area (Å²) in [5, 5.41) is 11.8. The number of anilines is 1. The molecule has 0 heterocycles. The molecule has 0 aliphatic rings. The Balaban J connectivity index is 2.02. The lowest BCUT2D eigenvalue weighted by Crippen LogP contribution is -2.20. The number of hydrogen-bond donors (Lipinski definition) is 2. The van der Waals surface area contributed by atoms with Crippen LogP contribution in [0.25, 0.3) is 0 Å². The summed E-state index contributed by atoms with van der Waals surface area (Å²) in [6, 6.07) is 9.76. The van der Waals surface area contributed by atoms with E-state index in [-0.39, 0.29) is 22.9 Å². The number of carbonyl (C=O) groups excluding carboxylic acids is 1.